The highest BCUT2D eigenvalue weighted by Crippen LogP contribution is 2.31. The van der Waals surface area contributed by atoms with E-state index in [1.54, 1.807) is 7.11 Å². The molecule has 5 nitrogen and oxygen atoms in total. The largest absolute Gasteiger partial charge is 0.478 e. The van der Waals surface area contributed by atoms with Crippen LogP contribution in [-0.4, -0.2) is 34.9 Å². The van der Waals surface area contributed by atoms with Gasteiger partial charge in [0.25, 0.3) is 0 Å². The van der Waals surface area contributed by atoms with Crippen molar-refractivity contribution in [2.24, 2.45) is 0 Å². The topological polar surface area (TPSA) is 49.2 Å². The molecule has 0 fully saturated rings. The van der Waals surface area contributed by atoms with Crippen molar-refractivity contribution in [2.75, 3.05) is 20.3 Å². The number of aromatic nitrogens is 3. The molecule has 0 radical (unpaired) electrons. The van der Waals surface area contributed by atoms with Gasteiger partial charge >= 0.3 is 0 Å². The molecule has 0 aliphatic heterocycles. The van der Waals surface area contributed by atoms with E-state index in [1.807, 2.05) is 13.0 Å². The van der Waals surface area contributed by atoms with Crippen LogP contribution >= 0.6 is 0 Å². The summed E-state index contributed by atoms with van der Waals surface area (Å²) >= 11 is 0. The number of ether oxygens (including phenoxy) is 2. The number of methoxy groups -OCH3 is 1. The van der Waals surface area contributed by atoms with Crippen LogP contribution in [0, 0.1) is 13.8 Å². The molecule has 0 spiro atoms. The Balaban J connectivity index is 2.14. The second kappa shape index (κ2) is 8.09. The minimum atomic E-state index is 0.261. The van der Waals surface area contributed by atoms with E-state index in [2.05, 4.69) is 55.6 Å². The van der Waals surface area contributed by atoms with Crippen molar-refractivity contribution >= 4 is 11.0 Å². The Morgan fingerprint density at radius 1 is 1.11 bits per heavy atom. The summed E-state index contributed by atoms with van der Waals surface area (Å²) in [6.07, 6.45) is 3.00. The van der Waals surface area contributed by atoms with Gasteiger partial charge in [-0.05, 0) is 57.4 Å². The van der Waals surface area contributed by atoms with Crippen LogP contribution in [-0.2, 0) is 11.2 Å². The molecule has 144 valence electrons. The molecule has 1 unspecified atom stereocenters. The van der Waals surface area contributed by atoms with E-state index in [0.29, 0.717) is 19.1 Å². The Hall–Kier alpha value is -2.40. The maximum absolute atomic E-state index is 5.56. The number of aryl methyl sites for hydroxylation is 3. The predicted octanol–water partition coefficient (Wildman–Crippen LogP) is 4.88. The molecule has 0 amide bonds. The molecule has 0 aliphatic rings. The molecule has 1 atom stereocenters. The van der Waals surface area contributed by atoms with Crippen molar-refractivity contribution in [3.63, 3.8) is 0 Å². The van der Waals surface area contributed by atoms with E-state index in [1.165, 1.54) is 5.56 Å². The first-order valence-electron chi connectivity index (χ1n) is 9.60. The van der Waals surface area contributed by atoms with Crippen LogP contribution in [0.2, 0.25) is 0 Å². The quantitative estimate of drug-likeness (QED) is 0.597. The van der Waals surface area contributed by atoms with E-state index < -0.39 is 0 Å². The number of hydrogen-bond acceptors (Lipinski definition) is 4. The third kappa shape index (κ3) is 3.69. The molecule has 0 saturated carbocycles. The van der Waals surface area contributed by atoms with Gasteiger partial charge in [-0.15, -0.1) is 0 Å². The molecule has 3 rings (SSSR count). The average Bonchev–Trinajstić information content (AvgIpc) is 2.97. The zero-order valence-electron chi connectivity index (χ0n) is 17.2. The summed E-state index contributed by atoms with van der Waals surface area (Å²) in [6.45, 7) is 11.8. The number of hydrogen-bond donors (Lipinski definition) is 0. The first kappa shape index (κ1) is 19.4. The monoisotopic (exact) mass is 367 g/mol. The van der Waals surface area contributed by atoms with Crippen molar-refractivity contribution < 1.29 is 9.47 Å². The van der Waals surface area contributed by atoms with Crippen molar-refractivity contribution in [3.8, 4) is 17.1 Å². The van der Waals surface area contributed by atoms with Crippen LogP contribution in [0.5, 0.6) is 5.88 Å². The zero-order valence-corrected chi connectivity index (χ0v) is 17.2. The molecule has 3 heterocycles. The third-order valence-corrected chi connectivity index (χ3v) is 4.89. The second-order valence-electron chi connectivity index (χ2n) is 6.98. The van der Waals surface area contributed by atoms with Crippen LogP contribution in [0.25, 0.3) is 22.3 Å². The maximum atomic E-state index is 5.56. The summed E-state index contributed by atoms with van der Waals surface area (Å²) in [6, 6.07) is 6.50. The normalized spacial score (nSPS) is 12.5. The third-order valence-electron chi connectivity index (χ3n) is 4.89. The SMILES string of the molecule is CCOc1ccc(-c2nc3c(C)cn(C(C)COC)c3cc2C)c(CC)n1. The standard InChI is InChI=1S/C22H29N3O2/c1-7-18-17(9-10-20(23-18)27-8-2)21-14(3)11-19-22(24-21)15(4)12-25(19)16(5)13-26-6/h9-12,16H,7-8,13H2,1-6H3. The summed E-state index contributed by atoms with van der Waals surface area (Å²) < 4.78 is 13.2. The molecular formula is C22H29N3O2. The van der Waals surface area contributed by atoms with Crippen LogP contribution in [0.3, 0.4) is 0 Å². The van der Waals surface area contributed by atoms with Gasteiger partial charge in [0.1, 0.15) is 0 Å². The van der Waals surface area contributed by atoms with Gasteiger partial charge in [-0.3, -0.25) is 0 Å². The van der Waals surface area contributed by atoms with Gasteiger partial charge in [-0.2, -0.15) is 0 Å². The van der Waals surface area contributed by atoms with Gasteiger partial charge in [0.05, 0.1) is 41.7 Å². The van der Waals surface area contributed by atoms with E-state index in [9.17, 15) is 0 Å². The fourth-order valence-electron chi connectivity index (χ4n) is 3.58. The van der Waals surface area contributed by atoms with Gasteiger partial charge in [0.2, 0.25) is 5.88 Å². The Bertz CT molecular complexity index is 946. The average molecular weight is 367 g/mol. The molecule has 3 aromatic heterocycles. The van der Waals surface area contributed by atoms with Gasteiger partial charge in [-0.25, -0.2) is 9.97 Å². The molecule has 0 bridgehead atoms. The van der Waals surface area contributed by atoms with Gasteiger partial charge in [0, 0.05) is 24.9 Å². The minimum Gasteiger partial charge on any atom is -0.478 e. The van der Waals surface area contributed by atoms with Crippen LogP contribution in [0.1, 0.15) is 43.6 Å². The summed E-state index contributed by atoms with van der Waals surface area (Å²) in [7, 11) is 1.74. The molecule has 0 aromatic carbocycles. The van der Waals surface area contributed by atoms with E-state index in [4.69, 9.17) is 14.5 Å². The number of fused-ring (bicyclic) bond motifs is 1. The molecule has 0 aliphatic carbocycles. The van der Waals surface area contributed by atoms with E-state index in [0.717, 1.165) is 40.0 Å². The summed E-state index contributed by atoms with van der Waals surface area (Å²) in [5.41, 5.74) is 7.59. The Morgan fingerprint density at radius 3 is 2.56 bits per heavy atom. The summed E-state index contributed by atoms with van der Waals surface area (Å²) in [5.74, 6) is 0.674. The predicted molar refractivity (Wildman–Crippen MR) is 110 cm³/mol. The Labute approximate surface area is 161 Å². The van der Waals surface area contributed by atoms with Crippen LogP contribution in [0.4, 0.5) is 0 Å². The highest BCUT2D eigenvalue weighted by Gasteiger charge is 2.17. The Kier molecular flexibility index (Phi) is 5.80. The smallest absolute Gasteiger partial charge is 0.213 e. The van der Waals surface area contributed by atoms with E-state index in [-0.39, 0.29) is 6.04 Å². The van der Waals surface area contributed by atoms with E-state index >= 15 is 0 Å². The number of nitrogens with zero attached hydrogens (tertiary/aromatic N) is 3. The lowest BCUT2D eigenvalue weighted by Crippen LogP contribution is -2.10. The Morgan fingerprint density at radius 2 is 1.89 bits per heavy atom. The second-order valence-corrected chi connectivity index (χ2v) is 6.98. The van der Waals surface area contributed by atoms with Crippen LogP contribution < -0.4 is 4.74 Å². The first-order valence-corrected chi connectivity index (χ1v) is 9.60. The lowest BCUT2D eigenvalue weighted by Gasteiger charge is -2.15. The molecule has 5 heteroatoms. The molecule has 0 N–H and O–H groups in total. The van der Waals surface area contributed by atoms with Gasteiger partial charge in [-0.1, -0.05) is 6.92 Å². The molecule has 0 saturated heterocycles. The fraction of sp³-hybridized carbons (Fsp3) is 0.455. The number of pyridine rings is 2. The maximum Gasteiger partial charge on any atom is 0.213 e. The van der Waals surface area contributed by atoms with Crippen molar-refractivity contribution in [1.82, 2.24) is 14.5 Å². The van der Waals surface area contributed by atoms with Gasteiger partial charge in [0.15, 0.2) is 0 Å². The van der Waals surface area contributed by atoms with Crippen molar-refractivity contribution in [2.45, 2.75) is 47.1 Å². The van der Waals surface area contributed by atoms with Crippen LogP contribution in [0.15, 0.2) is 24.4 Å². The molecule has 3 aromatic rings. The first-order chi connectivity index (χ1) is 13.0. The van der Waals surface area contributed by atoms with Gasteiger partial charge < -0.3 is 14.0 Å². The van der Waals surface area contributed by atoms with Crippen molar-refractivity contribution in [3.05, 3.63) is 41.2 Å². The van der Waals surface area contributed by atoms with Crippen molar-refractivity contribution in [1.29, 1.82) is 0 Å². The highest BCUT2D eigenvalue weighted by molar-refractivity contribution is 5.84. The highest BCUT2D eigenvalue weighted by atomic mass is 16.5. The summed E-state index contributed by atoms with van der Waals surface area (Å²) in [5, 5.41) is 0. The minimum absolute atomic E-state index is 0.261. The summed E-state index contributed by atoms with van der Waals surface area (Å²) in [4.78, 5) is 9.72. The zero-order chi connectivity index (χ0) is 19.6. The lowest BCUT2D eigenvalue weighted by atomic mass is 10.0. The molecular weight excluding hydrogens is 338 g/mol. The molecule has 27 heavy (non-hydrogen) atoms. The fourth-order valence-corrected chi connectivity index (χ4v) is 3.58. The lowest BCUT2D eigenvalue weighted by molar-refractivity contribution is 0.164. The number of rotatable bonds is 7.